The van der Waals surface area contributed by atoms with Gasteiger partial charge in [0.25, 0.3) is 0 Å². The predicted octanol–water partition coefficient (Wildman–Crippen LogP) is 2.82. The van der Waals surface area contributed by atoms with Crippen molar-refractivity contribution < 1.29 is 30.2 Å². The Labute approximate surface area is 96.3 Å². The normalized spacial score (nSPS) is 12.6. The average molecular weight is 323 g/mol. The second-order valence-corrected chi connectivity index (χ2v) is 5.01. The van der Waals surface area contributed by atoms with Gasteiger partial charge in [0.05, 0.1) is 0 Å². The summed E-state index contributed by atoms with van der Waals surface area (Å²) in [6.07, 6.45) is 0. The smallest absolute Gasteiger partial charge is 0.373 e. The number of benzene rings is 1. The van der Waals surface area contributed by atoms with Crippen LogP contribution in [0.25, 0.3) is 0 Å². The Hall–Kier alpha value is -0.830. The minimum absolute atomic E-state index is 0.182. The maximum absolute atomic E-state index is 12.9. The maximum Gasteiger partial charge on any atom is 0.534 e. The zero-order valence-electron chi connectivity index (χ0n) is 7.25. The molecular weight excluding hydrogens is 320 g/mol. The first kappa shape index (κ1) is 13.2. The van der Waals surface area contributed by atoms with Crippen molar-refractivity contribution in [1.82, 2.24) is 0 Å². The summed E-state index contributed by atoms with van der Waals surface area (Å²) >= 11 is 2.83. The molecule has 0 aliphatic carbocycles. The molecule has 0 aromatic heterocycles. The van der Waals surface area contributed by atoms with E-state index in [0.717, 1.165) is 12.1 Å². The predicted molar refractivity (Wildman–Crippen MR) is 49.7 cm³/mol. The van der Waals surface area contributed by atoms with Gasteiger partial charge in [-0.15, -0.1) is 0 Å². The van der Waals surface area contributed by atoms with Crippen LogP contribution in [-0.4, -0.2) is 13.9 Å². The minimum atomic E-state index is -5.85. The summed E-state index contributed by atoms with van der Waals surface area (Å²) in [6.45, 7) is 0. The molecule has 0 N–H and O–H groups in total. The van der Waals surface area contributed by atoms with E-state index in [1.54, 1.807) is 0 Å². The van der Waals surface area contributed by atoms with Crippen LogP contribution in [0.1, 0.15) is 0 Å². The molecule has 3 nitrogen and oxygen atoms in total. The zero-order chi connectivity index (χ0) is 12.6. The van der Waals surface area contributed by atoms with E-state index in [-0.39, 0.29) is 4.47 Å². The van der Waals surface area contributed by atoms with Crippen LogP contribution in [0.4, 0.5) is 17.6 Å². The second kappa shape index (κ2) is 4.21. The molecule has 0 aliphatic heterocycles. The van der Waals surface area contributed by atoms with E-state index in [4.69, 9.17) is 0 Å². The van der Waals surface area contributed by atoms with Crippen molar-refractivity contribution in [2.75, 3.05) is 0 Å². The van der Waals surface area contributed by atoms with E-state index in [1.807, 2.05) is 0 Å². The van der Waals surface area contributed by atoms with Gasteiger partial charge in [-0.25, -0.2) is 4.39 Å². The van der Waals surface area contributed by atoms with E-state index in [1.165, 1.54) is 6.07 Å². The van der Waals surface area contributed by atoms with Crippen LogP contribution in [0.15, 0.2) is 22.7 Å². The molecule has 16 heavy (non-hydrogen) atoms. The molecule has 1 aromatic carbocycles. The quantitative estimate of drug-likeness (QED) is 0.478. The van der Waals surface area contributed by atoms with Crippen LogP contribution in [0.5, 0.6) is 5.75 Å². The Morgan fingerprint density at radius 1 is 1.25 bits per heavy atom. The fraction of sp³-hybridized carbons (Fsp3) is 0.143. The summed E-state index contributed by atoms with van der Waals surface area (Å²) < 4.78 is 73.5. The molecule has 1 rings (SSSR count). The van der Waals surface area contributed by atoms with Gasteiger partial charge in [0.2, 0.25) is 0 Å². The van der Waals surface area contributed by atoms with Crippen LogP contribution < -0.4 is 4.18 Å². The summed E-state index contributed by atoms with van der Waals surface area (Å²) in [4.78, 5) is 0. The van der Waals surface area contributed by atoms with Crippen molar-refractivity contribution in [1.29, 1.82) is 0 Å². The lowest BCUT2D eigenvalue weighted by Crippen LogP contribution is -2.28. The van der Waals surface area contributed by atoms with E-state index in [2.05, 4.69) is 20.1 Å². The molecular formula is C7H3BrF4O3S. The summed E-state index contributed by atoms with van der Waals surface area (Å²) in [5, 5.41) is 0. The molecule has 0 saturated carbocycles. The topological polar surface area (TPSA) is 43.4 Å². The van der Waals surface area contributed by atoms with Crippen LogP contribution in [0.2, 0.25) is 0 Å². The Bertz CT molecular complexity index is 497. The minimum Gasteiger partial charge on any atom is -0.373 e. The molecule has 0 spiro atoms. The third-order valence-corrected chi connectivity index (χ3v) is 2.84. The highest BCUT2D eigenvalue weighted by Crippen LogP contribution is 2.29. The number of hydrogen-bond donors (Lipinski definition) is 0. The molecule has 0 saturated heterocycles. The third-order valence-electron chi connectivity index (χ3n) is 1.38. The number of hydrogen-bond acceptors (Lipinski definition) is 3. The highest BCUT2D eigenvalue weighted by atomic mass is 79.9. The van der Waals surface area contributed by atoms with Gasteiger partial charge in [0.1, 0.15) is 0 Å². The Morgan fingerprint density at radius 2 is 1.81 bits per heavy atom. The lowest BCUT2D eigenvalue weighted by Gasteiger charge is -2.09. The first-order valence-electron chi connectivity index (χ1n) is 3.59. The summed E-state index contributed by atoms with van der Waals surface area (Å²) in [6, 6.07) is 2.73. The monoisotopic (exact) mass is 322 g/mol. The highest BCUT2D eigenvalue weighted by Gasteiger charge is 2.48. The van der Waals surface area contributed by atoms with Gasteiger partial charge in [-0.05, 0) is 18.2 Å². The van der Waals surface area contributed by atoms with Crippen molar-refractivity contribution >= 4 is 26.0 Å². The fourth-order valence-corrected chi connectivity index (χ4v) is 1.51. The standard InChI is InChI=1S/C7H3BrF4O3S/c8-4-1-2-5(9)6(3-4)15-16(13,14)7(10,11)12/h1-3H. The number of halogens is 5. The molecule has 0 heterocycles. The Kier molecular flexibility index (Phi) is 3.48. The molecule has 90 valence electrons. The van der Waals surface area contributed by atoms with Gasteiger partial charge in [-0.2, -0.15) is 21.6 Å². The first-order chi connectivity index (χ1) is 7.13. The molecule has 0 aliphatic rings. The molecule has 9 heteroatoms. The molecule has 0 atom stereocenters. The molecule has 0 fully saturated rings. The Morgan fingerprint density at radius 3 is 2.31 bits per heavy atom. The molecule has 0 radical (unpaired) electrons. The van der Waals surface area contributed by atoms with Gasteiger partial charge in [0, 0.05) is 4.47 Å². The van der Waals surface area contributed by atoms with E-state index in [9.17, 15) is 26.0 Å². The highest BCUT2D eigenvalue weighted by molar-refractivity contribution is 9.10. The SMILES string of the molecule is O=S(=O)(Oc1cc(Br)ccc1F)C(F)(F)F. The van der Waals surface area contributed by atoms with Gasteiger partial charge in [0.15, 0.2) is 11.6 Å². The Balaban J connectivity index is 3.11. The van der Waals surface area contributed by atoms with E-state index in [0.29, 0.717) is 0 Å². The first-order valence-corrected chi connectivity index (χ1v) is 5.79. The average Bonchev–Trinajstić information content (AvgIpc) is 2.09. The van der Waals surface area contributed by atoms with Crippen LogP contribution in [0.3, 0.4) is 0 Å². The van der Waals surface area contributed by atoms with Crippen molar-refractivity contribution in [3.05, 3.63) is 28.5 Å². The summed E-state index contributed by atoms with van der Waals surface area (Å²) in [7, 11) is -5.85. The maximum atomic E-state index is 12.9. The fourth-order valence-electron chi connectivity index (χ4n) is 0.706. The van der Waals surface area contributed by atoms with Gasteiger partial charge < -0.3 is 4.18 Å². The van der Waals surface area contributed by atoms with E-state index >= 15 is 0 Å². The zero-order valence-corrected chi connectivity index (χ0v) is 9.66. The molecule has 1 aromatic rings. The van der Waals surface area contributed by atoms with Crippen LogP contribution >= 0.6 is 15.9 Å². The third kappa shape index (κ3) is 2.85. The molecule has 0 bridgehead atoms. The van der Waals surface area contributed by atoms with Crippen molar-refractivity contribution in [3.63, 3.8) is 0 Å². The molecule has 0 amide bonds. The largest absolute Gasteiger partial charge is 0.534 e. The van der Waals surface area contributed by atoms with Crippen molar-refractivity contribution in [2.45, 2.75) is 5.51 Å². The van der Waals surface area contributed by atoms with Crippen molar-refractivity contribution in [3.8, 4) is 5.75 Å². The van der Waals surface area contributed by atoms with Gasteiger partial charge in [-0.1, -0.05) is 15.9 Å². The lowest BCUT2D eigenvalue weighted by molar-refractivity contribution is -0.0500. The van der Waals surface area contributed by atoms with E-state index < -0.39 is 27.2 Å². The number of alkyl halides is 3. The van der Waals surface area contributed by atoms with Crippen molar-refractivity contribution in [2.24, 2.45) is 0 Å². The second-order valence-electron chi connectivity index (χ2n) is 2.56. The summed E-state index contributed by atoms with van der Waals surface area (Å²) in [5.41, 5.74) is -5.60. The number of rotatable bonds is 2. The van der Waals surface area contributed by atoms with Crippen LogP contribution in [0, 0.1) is 5.82 Å². The van der Waals surface area contributed by atoms with Gasteiger partial charge in [-0.3, -0.25) is 0 Å². The van der Waals surface area contributed by atoms with Gasteiger partial charge >= 0.3 is 15.6 Å². The lowest BCUT2D eigenvalue weighted by atomic mass is 10.3. The molecule has 0 unspecified atom stereocenters. The van der Waals surface area contributed by atoms with Crippen LogP contribution in [-0.2, 0) is 10.1 Å². The summed E-state index contributed by atoms with van der Waals surface area (Å²) in [5.74, 6) is -2.23.